The summed E-state index contributed by atoms with van der Waals surface area (Å²) in [6.45, 7) is -0.808. The van der Waals surface area contributed by atoms with E-state index in [-0.39, 0.29) is 22.9 Å². The Morgan fingerprint density at radius 2 is 1.55 bits per heavy atom. The number of anilines is 2. The van der Waals surface area contributed by atoms with Gasteiger partial charge in [-0.15, -0.1) is 0 Å². The molecular weight excluding hydrogens is 563 g/mol. The van der Waals surface area contributed by atoms with Crippen LogP contribution in [0, 0.1) is 5.82 Å². The highest BCUT2D eigenvalue weighted by molar-refractivity contribution is 7.92. The zero-order valence-electron chi connectivity index (χ0n) is 22.4. The van der Waals surface area contributed by atoms with E-state index in [9.17, 15) is 22.4 Å². The van der Waals surface area contributed by atoms with Gasteiger partial charge in [0.25, 0.3) is 21.8 Å². The van der Waals surface area contributed by atoms with Gasteiger partial charge >= 0.3 is 0 Å². The summed E-state index contributed by atoms with van der Waals surface area (Å²) >= 11 is 0. The van der Waals surface area contributed by atoms with Crippen molar-refractivity contribution in [1.82, 2.24) is 5.43 Å². The SMILES string of the molecule is COc1ccccc1N(CC(=O)N/N=C/c1ccc(OCC(=O)Nc2ccc(F)cc2)cc1)S(=O)(=O)c1ccccc1. The van der Waals surface area contributed by atoms with Crippen molar-refractivity contribution in [3.8, 4) is 11.5 Å². The number of nitrogens with one attached hydrogen (secondary N) is 2. The first kappa shape index (κ1) is 29.7. The first-order valence-corrected chi connectivity index (χ1v) is 14.0. The van der Waals surface area contributed by atoms with Crippen molar-refractivity contribution in [2.75, 3.05) is 29.9 Å². The minimum absolute atomic E-state index is 0.0162. The Labute approximate surface area is 242 Å². The van der Waals surface area contributed by atoms with Gasteiger partial charge in [-0.2, -0.15) is 5.10 Å². The number of nitrogens with zero attached hydrogens (tertiary/aromatic N) is 2. The molecule has 0 heterocycles. The molecule has 4 aromatic carbocycles. The summed E-state index contributed by atoms with van der Waals surface area (Å²) in [6.07, 6.45) is 1.38. The molecule has 216 valence electrons. The second kappa shape index (κ2) is 13.9. The number of benzene rings is 4. The van der Waals surface area contributed by atoms with Crippen molar-refractivity contribution in [1.29, 1.82) is 0 Å². The van der Waals surface area contributed by atoms with Crippen molar-refractivity contribution >= 4 is 39.4 Å². The number of sulfonamides is 1. The van der Waals surface area contributed by atoms with E-state index in [1.54, 1.807) is 66.7 Å². The Morgan fingerprint density at radius 1 is 0.881 bits per heavy atom. The molecule has 0 saturated carbocycles. The average molecular weight is 591 g/mol. The van der Waals surface area contributed by atoms with Crippen LogP contribution in [-0.2, 0) is 19.6 Å². The van der Waals surface area contributed by atoms with Gasteiger partial charge in [-0.25, -0.2) is 18.2 Å². The Hall–Kier alpha value is -5.23. The van der Waals surface area contributed by atoms with Gasteiger partial charge in [0, 0.05) is 5.69 Å². The lowest BCUT2D eigenvalue weighted by Crippen LogP contribution is -2.39. The van der Waals surface area contributed by atoms with Crippen LogP contribution < -0.4 is 24.5 Å². The van der Waals surface area contributed by atoms with Crippen LogP contribution in [0.4, 0.5) is 15.8 Å². The number of amides is 2. The topological polar surface area (TPSA) is 126 Å². The van der Waals surface area contributed by atoms with Crippen LogP contribution in [0.5, 0.6) is 11.5 Å². The number of carbonyl (C=O) groups is 2. The number of hydrogen-bond donors (Lipinski definition) is 2. The third-order valence-corrected chi connectivity index (χ3v) is 7.53. The number of carbonyl (C=O) groups excluding carboxylic acids is 2. The van der Waals surface area contributed by atoms with Crippen molar-refractivity contribution in [3.05, 3.63) is 115 Å². The van der Waals surface area contributed by atoms with Crippen LogP contribution in [0.15, 0.2) is 113 Å². The summed E-state index contributed by atoms with van der Waals surface area (Å²) in [4.78, 5) is 24.9. The number of hydrazone groups is 1. The van der Waals surface area contributed by atoms with E-state index in [1.807, 2.05) is 0 Å². The van der Waals surface area contributed by atoms with Crippen molar-refractivity contribution in [2.45, 2.75) is 4.90 Å². The van der Waals surface area contributed by atoms with E-state index in [4.69, 9.17) is 9.47 Å². The fourth-order valence-electron chi connectivity index (χ4n) is 3.73. The Morgan fingerprint density at radius 3 is 2.24 bits per heavy atom. The molecule has 2 amide bonds. The van der Waals surface area contributed by atoms with Crippen molar-refractivity contribution in [2.24, 2.45) is 5.10 Å². The maximum absolute atomic E-state index is 13.5. The summed E-state index contributed by atoms with van der Waals surface area (Å²) in [5, 5.41) is 6.53. The molecular formula is C30H27FN4O6S. The molecule has 12 heteroatoms. The minimum Gasteiger partial charge on any atom is -0.495 e. The van der Waals surface area contributed by atoms with E-state index in [1.165, 1.54) is 49.7 Å². The highest BCUT2D eigenvalue weighted by Gasteiger charge is 2.29. The molecule has 0 spiro atoms. The second-order valence-electron chi connectivity index (χ2n) is 8.70. The predicted octanol–water partition coefficient (Wildman–Crippen LogP) is 4.20. The number of methoxy groups -OCH3 is 1. The second-order valence-corrected chi connectivity index (χ2v) is 10.6. The molecule has 0 aromatic heterocycles. The fraction of sp³-hybridized carbons (Fsp3) is 0.100. The lowest BCUT2D eigenvalue weighted by Gasteiger charge is -2.25. The van der Waals surface area contributed by atoms with Crippen LogP contribution in [0.2, 0.25) is 0 Å². The Balaban J connectivity index is 1.36. The maximum Gasteiger partial charge on any atom is 0.264 e. The van der Waals surface area contributed by atoms with Gasteiger partial charge in [0.1, 0.15) is 23.9 Å². The van der Waals surface area contributed by atoms with Gasteiger partial charge in [-0.3, -0.25) is 13.9 Å². The van der Waals surface area contributed by atoms with E-state index >= 15 is 0 Å². The standard InChI is InChI=1S/C30H27FN4O6S/c1-40-28-10-6-5-9-27(28)35(42(38,39)26-7-3-2-4-8-26)20-29(36)34-32-19-22-11-17-25(18-12-22)41-21-30(37)33-24-15-13-23(31)14-16-24/h2-19H,20-21H2,1H3,(H,33,37)(H,34,36)/b32-19+. The first-order chi connectivity index (χ1) is 20.3. The lowest BCUT2D eigenvalue weighted by atomic mass is 10.2. The highest BCUT2D eigenvalue weighted by atomic mass is 32.2. The van der Waals surface area contributed by atoms with Crippen LogP contribution in [0.1, 0.15) is 5.56 Å². The van der Waals surface area contributed by atoms with Gasteiger partial charge in [0.15, 0.2) is 6.61 Å². The summed E-state index contributed by atoms with van der Waals surface area (Å²) in [6, 6.07) is 26.2. The zero-order valence-corrected chi connectivity index (χ0v) is 23.3. The van der Waals surface area contributed by atoms with Crippen LogP contribution in [-0.4, -0.2) is 46.7 Å². The Bertz CT molecular complexity index is 1650. The average Bonchev–Trinajstić information content (AvgIpc) is 3.01. The Kier molecular flexibility index (Phi) is 9.85. The highest BCUT2D eigenvalue weighted by Crippen LogP contribution is 2.32. The number of rotatable bonds is 12. The van der Waals surface area contributed by atoms with Gasteiger partial charge in [0.2, 0.25) is 0 Å². The molecule has 4 aromatic rings. The molecule has 0 radical (unpaired) electrons. The van der Waals surface area contributed by atoms with Gasteiger partial charge in [-0.05, 0) is 78.4 Å². The molecule has 0 fully saturated rings. The molecule has 10 nitrogen and oxygen atoms in total. The minimum atomic E-state index is -4.11. The quantitative estimate of drug-likeness (QED) is 0.188. The van der Waals surface area contributed by atoms with Crippen LogP contribution >= 0.6 is 0 Å². The predicted molar refractivity (Wildman–Crippen MR) is 157 cm³/mol. The van der Waals surface area contributed by atoms with Crippen LogP contribution in [0.3, 0.4) is 0 Å². The number of para-hydroxylation sites is 2. The molecule has 0 aliphatic heterocycles. The van der Waals surface area contributed by atoms with Gasteiger partial charge in [0.05, 0.1) is 23.9 Å². The molecule has 0 aliphatic carbocycles. The van der Waals surface area contributed by atoms with Gasteiger partial charge < -0.3 is 14.8 Å². The molecule has 0 bridgehead atoms. The molecule has 42 heavy (non-hydrogen) atoms. The molecule has 4 rings (SSSR count). The maximum atomic E-state index is 13.5. The zero-order chi connectivity index (χ0) is 30.0. The van der Waals surface area contributed by atoms with E-state index < -0.39 is 34.2 Å². The van der Waals surface area contributed by atoms with Gasteiger partial charge in [-0.1, -0.05) is 30.3 Å². The normalized spacial score (nSPS) is 11.1. The first-order valence-electron chi connectivity index (χ1n) is 12.6. The van der Waals surface area contributed by atoms with Crippen molar-refractivity contribution in [3.63, 3.8) is 0 Å². The summed E-state index contributed by atoms with van der Waals surface area (Å²) < 4.78 is 51.7. The summed E-state index contributed by atoms with van der Waals surface area (Å²) in [7, 11) is -2.70. The molecule has 2 N–H and O–H groups in total. The molecule has 0 atom stereocenters. The molecule has 0 aliphatic rings. The fourth-order valence-corrected chi connectivity index (χ4v) is 5.18. The summed E-state index contributed by atoms with van der Waals surface area (Å²) in [5.74, 6) is -0.791. The molecule has 0 unspecified atom stereocenters. The van der Waals surface area contributed by atoms with Crippen LogP contribution in [0.25, 0.3) is 0 Å². The third kappa shape index (κ3) is 7.92. The smallest absolute Gasteiger partial charge is 0.264 e. The third-order valence-electron chi connectivity index (χ3n) is 5.75. The monoisotopic (exact) mass is 590 g/mol. The largest absolute Gasteiger partial charge is 0.495 e. The molecule has 0 saturated heterocycles. The van der Waals surface area contributed by atoms with Crippen molar-refractivity contribution < 1.29 is 31.9 Å². The number of hydrogen-bond acceptors (Lipinski definition) is 7. The van der Waals surface area contributed by atoms with E-state index in [0.29, 0.717) is 17.0 Å². The number of ether oxygens (including phenoxy) is 2. The van der Waals surface area contributed by atoms with E-state index in [2.05, 4.69) is 15.8 Å². The summed E-state index contributed by atoms with van der Waals surface area (Å²) in [5.41, 5.74) is 3.60. The number of halogens is 1. The van der Waals surface area contributed by atoms with E-state index in [0.717, 1.165) is 4.31 Å². The lowest BCUT2D eigenvalue weighted by molar-refractivity contribution is -0.119.